The van der Waals surface area contributed by atoms with E-state index in [0.717, 1.165) is 6.42 Å². The van der Waals surface area contributed by atoms with E-state index in [0.29, 0.717) is 18.5 Å². The maximum absolute atomic E-state index is 13.1. The number of carbonyl (C=O) groups excluding carboxylic acids is 2. The van der Waals surface area contributed by atoms with Crippen LogP contribution in [0.25, 0.3) is 0 Å². The molecule has 1 saturated carbocycles. The Morgan fingerprint density at radius 3 is 2.57 bits per heavy atom. The summed E-state index contributed by atoms with van der Waals surface area (Å²) in [5, 5.41) is 5.40. The summed E-state index contributed by atoms with van der Waals surface area (Å²) in [4.78, 5) is 24.5. The fourth-order valence-corrected chi connectivity index (χ4v) is 2.15. The van der Waals surface area contributed by atoms with Gasteiger partial charge in [0.2, 0.25) is 11.8 Å². The number of nitrogens with one attached hydrogen (secondary N) is 2. The molecule has 1 aliphatic carbocycles. The van der Waals surface area contributed by atoms with Crippen LogP contribution in [-0.4, -0.2) is 17.9 Å². The Hall–Kier alpha value is -1.62. The molecule has 0 aliphatic heterocycles. The van der Waals surface area contributed by atoms with Crippen molar-refractivity contribution in [2.75, 3.05) is 5.32 Å². The van der Waals surface area contributed by atoms with Crippen LogP contribution in [0.5, 0.6) is 0 Å². The van der Waals surface area contributed by atoms with E-state index in [4.69, 9.17) is 11.6 Å². The van der Waals surface area contributed by atoms with Gasteiger partial charge in [-0.15, -0.1) is 0 Å². The van der Waals surface area contributed by atoms with Crippen molar-refractivity contribution in [2.24, 2.45) is 5.41 Å². The van der Waals surface area contributed by atoms with Crippen molar-refractivity contribution in [3.05, 3.63) is 29.0 Å². The molecule has 2 amide bonds. The van der Waals surface area contributed by atoms with Gasteiger partial charge in [0.25, 0.3) is 0 Å². The number of hydrogen-bond donors (Lipinski definition) is 2. The van der Waals surface area contributed by atoms with E-state index in [1.54, 1.807) is 0 Å². The summed E-state index contributed by atoms with van der Waals surface area (Å²) in [6.07, 6.45) is 1.85. The van der Waals surface area contributed by atoms with Crippen molar-refractivity contribution in [2.45, 2.75) is 39.2 Å². The summed E-state index contributed by atoms with van der Waals surface area (Å²) in [5.41, 5.74) is -0.612. The summed E-state index contributed by atoms with van der Waals surface area (Å²) < 4.78 is 13.1. The topological polar surface area (TPSA) is 58.2 Å². The van der Waals surface area contributed by atoms with E-state index >= 15 is 0 Å². The normalized spacial score (nSPS) is 17.0. The Morgan fingerprint density at radius 1 is 1.38 bits per heavy atom. The lowest BCUT2D eigenvalue weighted by atomic mass is 10.0. The van der Waals surface area contributed by atoms with Crippen molar-refractivity contribution < 1.29 is 14.0 Å². The molecule has 114 valence electrons. The van der Waals surface area contributed by atoms with Crippen molar-refractivity contribution in [1.29, 1.82) is 0 Å². The third-order valence-electron chi connectivity index (χ3n) is 3.79. The number of rotatable bonds is 5. The van der Waals surface area contributed by atoms with Crippen LogP contribution in [0.2, 0.25) is 5.02 Å². The first-order chi connectivity index (χ1) is 9.89. The van der Waals surface area contributed by atoms with Crippen LogP contribution in [0.4, 0.5) is 10.1 Å². The molecule has 6 heteroatoms. The van der Waals surface area contributed by atoms with E-state index in [2.05, 4.69) is 10.6 Å². The molecule has 1 aromatic rings. The fourth-order valence-electron chi connectivity index (χ4n) is 1.97. The van der Waals surface area contributed by atoms with Gasteiger partial charge in [0.1, 0.15) is 11.2 Å². The quantitative estimate of drug-likeness (QED) is 0.821. The molecule has 21 heavy (non-hydrogen) atoms. The van der Waals surface area contributed by atoms with Crippen molar-refractivity contribution in [3.63, 3.8) is 0 Å². The summed E-state index contributed by atoms with van der Waals surface area (Å²) >= 11 is 5.67. The Balaban J connectivity index is 2.05. The van der Waals surface area contributed by atoms with Crippen molar-refractivity contribution in [3.8, 4) is 0 Å². The molecule has 1 unspecified atom stereocenters. The molecule has 1 aliphatic rings. The van der Waals surface area contributed by atoms with Gasteiger partial charge >= 0.3 is 0 Å². The monoisotopic (exact) mass is 312 g/mol. The standard InChI is InChI=1S/C15H18ClFN2O2/c1-3-9(2)18-13(20)15(6-7-15)14(21)19-10-4-5-12(17)11(16)8-10/h4-5,8-9H,3,6-7H2,1-2H3,(H,18,20)(H,19,21). The van der Waals surface area contributed by atoms with Crippen LogP contribution >= 0.6 is 11.6 Å². The second-order valence-corrected chi connectivity index (χ2v) is 5.86. The number of halogens is 2. The minimum atomic E-state index is -0.996. The first-order valence-corrected chi connectivity index (χ1v) is 7.34. The van der Waals surface area contributed by atoms with E-state index in [1.807, 2.05) is 13.8 Å². The molecular formula is C15H18ClFN2O2. The largest absolute Gasteiger partial charge is 0.353 e. The molecule has 0 heterocycles. The zero-order chi connectivity index (χ0) is 15.6. The van der Waals surface area contributed by atoms with Gasteiger partial charge in [0, 0.05) is 11.7 Å². The van der Waals surface area contributed by atoms with E-state index in [-0.39, 0.29) is 22.9 Å². The number of anilines is 1. The Bertz CT molecular complexity index is 573. The van der Waals surface area contributed by atoms with Gasteiger partial charge in [-0.1, -0.05) is 18.5 Å². The zero-order valence-electron chi connectivity index (χ0n) is 12.0. The maximum atomic E-state index is 13.1. The minimum Gasteiger partial charge on any atom is -0.353 e. The third kappa shape index (κ3) is 3.35. The Morgan fingerprint density at radius 2 is 2.05 bits per heavy atom. The molecule has 0 radical (unpaired) electrons. The van der Waals surface area contributed by atoms with Crippen LogP contribution in [0, 0.1) is 11.2 Å². The predicted molar refractivity (Wildman–Crippen MR) is 79.6 cm³/mol. The number of hydrogen-bond acceptors (Lipinski definition) is 2. The second kappa shape index (κ2) is 6.02. The highest BCUT2D eigenvalue weighted by Gasteiger charge is 2.56. The average Bonchev–Trinajstić information content (AvgIpc) is 3.24. The van der Waals surface area contributed by atoms with E-state index in [1.165, 1.54) is 18.2 Å². The highest BCUT2D eigenvalue weighted by Crippen LogP contribution is 2.47. The van der Waals surface area contributed by atoms with Gasteiger partial charge in [-0.25, -0.2) is 4.39 Å². The number of amides is 2. The summed E-state index contributed by atoms with van der Waals surface area (Å²) in [7, 11) is 0. The second-order valence-electron chi connectivity index (χ2n) is 5.45. The molecule has 0 spiro atoms. The molecule has 0 saturated heterocycles. The molecular weight excluding hydrogens is 295 g/mol. The molecule has 2 N–H and O–H groups in total. The SMILES string of the molecule is CCC(C)NC(=O)C1(C(=O)Nc2ccc(F)c(Cl)c2)CC1. The van der Waals surface area contributed by atoms with Gasteiger partial charge < -0.3 is 10.6 Å². The predicted octanol–water partition coefficient (Wildman–Crippen LogP) is 3.11. The summed E-state index contributed by atoms with van der Waals surface area (Å²) in [6.45, 7) is 3.86. The van der Waals surface area contributed by atoms with Crippen LogP contribution in [0.15, 0.2) is 18.2 Å². The smallest absolute Gasteiger partial charge is 0.240 e. The number of benzene rings is 1. The molecule has 1 atom stereocenters. The Labute approximate surface area is 128 Å². The van der Waals surface area contributed by atoms with Crippen LogP contribution < -0.4 is 10.6 Å². The van der Waals surface area contributed by atoms with Crippen LogP contribution in [0.1, 0.15) is 33.1 Å². The highest BCUT2D eigenvalue weighted by molar-refractivity contribution is 6.31. The third-order valence-corrected chi connectivity index (χ3v) is 4.08. The lowest BCUT2D eigenvalue weighted by Crippen LogP contribution is -2.43. The first-order valence-electron chi connectivity index (χ1n) is 6.96. The van der Waals surface area contributed by atoms with Crippen molar-refractivity contribution in [1.82, 2.24) is 5.32 Å². The number of carbonyl (C=O) groups is 2. The van der Waals surface area contributed by atoms with Crippen LogP contribution in [-0.2, 0) is 9.59 Å². The highest BCUT2D eigenvalue weighted by atomic mass is 35.5. The molecule has 1 aromatic carbocycles. The van der Waals surface area contributed by atoms with Gasteiger partial charge in [0.05, 0.1) is 5.02 Å². The minimum absolute atomic E-state index is 0.0306. The summed E-state index contributed by atoms with van der Waals surface area (Å²) in [5.74, 6) is -1.17. The summed E-state index contributed by atoms with van der Waals surface area (Å²) in [6, 6.07) is 3.96. The molecule has 2 rings (SSSR count). The fraction of sp³-hybridized carbons (Fsp3) is 0.467. The van der Waals surface area contributed by atoms with E-state index < -0.39 is 11.2 Å². The first kappa shape index (κ1) is 15.8. The molecule has 4 nitrogen and oxygen atoms in total. The average molecular weight is 313 g/mol. The Kier molecular flexibility index (Phi) is 4.52. The van der Waals surface area contributed by atoms with Gasteiger partial charge in [-0.05, 0) is 44.4 Å². The van der Waals surface area contributed by atoms with Gasteiger partial charge in [-0.2, -0.15) is 0 Å². The molecule has 1 fully saturated rings. The molecule has 0 bridgehead atoms. The van der Waals surface area contributed by atoms with Gasteiger partial charge in [-0.3, -0.25) is 9.59 Å². The lowest BCUT2D eigenvalue weighted by molar-refractivity contribution is -0.134. The van der Waals surface area contributed by atoms with Crippen molar-refractivity contribution >= 4 is 29.1 Å². The van der Waals surface area contributed by atoms with Crippen LogP contribution in [0.3, 0.4) is 0 Å². The molecule has 0 aromatic heterocycles. The lowest BCUT2D eigenvalue weighted by Gasteiger charge is -2.18. The van der Waals surface area contributed by atoms with E-state index in [9.17, 15) is 14.0 Å². The zero-order valence-corrected chi connectivity index (χ0v) is 12.8. The maximum Gasteiger partial charge on any atom is 0.240 e. The van der Waals surface area contributed by atoms with Gasteiger partial charge in [0.15, 0.2) is 0 Å².